The Morgan fingerprint density at radius 2 is 1.88 bits per heavy atom. The number of hydrogen-bond acceptors (Lipinski definition) is 5. The predicted octanol–water partition coefficient (Wildman–Crippen LogP) is 6.18. The van der Waals surface area contributed by atoms with Gasteiger partial charge in [-0.2, -0.15) is 5.26 Å². The van der Waals surface area contributed by atoms with Crippen LogP contribution in [0.1, 0.15) is 21.7 Å². The minimum Gasteiger partial charge on any atom is -0.313 e. The van der Waals surface area contributed by atoms with Gasteiger partial charge < -0.3 is 4.90 Å². The van der Waals surface area contributed by atoms with E-state index in [0.717, 1.165) is 23.1 Å². The first-order chi connectivity index (χ1) is 12.7. The van der Waals surface area contributed by atoms with Gasteiger partial charge in [-0.25, -0.2) is 4.98 Å². The van der Waals surface area contributed by atoms with Crippen LogP contribution in [0.4, 0.5) is 10.8 Å². The van der Waals surface area contributed by atoms with Gasteiger partial charge in [0, 0.05) is 15.3 Å². The van der Waals surface area contributed by atoms with Crippen LogP contribution in [-0.4, -0.2) is 4.98 Å². The lowest BCUT2D eigenvalue weighted by molar-refractivity contribution is 0.969. The molecule has 0 aliphatic heterocycles. The zero-order valence-corrected chi connectivity index (χ0v) is 16.2. The van der Waals surface area contributed by atoms with Gasteiger partial charge in [0.05, 0.1) is 23.9 Å². The van der Waals surface area contributed by atoms with Gasteiger partial charge in [0.2, 0.25) is 0 Å². The van der Waals surface area contributed by atoms with Crippen LogP contribution in [0.3, 0.4) is 0 Å². The Labute approximate surface area is 160 Å². The average molecular weight is 376 g/mol. The number of nitrogens with zero attached hydrogens (tertiary/aromatic N) is 3. The Hall–Kier alpha value is -2.68. The van der Waals surface area contributed by atoms with E-state index in [0.29, 0.717) is 5.56 Å². The topological polar surface area (TPSA) is 39.9 Å². The summed E-state index contributed by atoms with van der Waals surface area (Å²) in [6.07, 6.45) is 0. The third kappa shape index (κ3) is 3.10. The van der Waals surface area contributed by atoms with E-state index in [4.69, 9.17) is 10.2 Å². The number of hydrogen-bond donors (Lipinski definition) is 0. The molecular weight excluding hydrogens is 358 g/mol. The number of nitriles is 1. The van der Waals surface area contributed by atoms with Crippen LogP contribution in [0.25, 0.3) is 10.1 Å². The highest BCUT2D eigenvalue weighted by atomic mass is 32.1. The predicted molar refractivity (Wildman–Crippen MR) is 110 cm³/mol. The van der Waals surface area contributed by atoms with Crippen LogP contribution in [0.15, 0.2) is 53.9 Å². The molecule has 0 radical (unpaired) electrons. The first-order valence-corrected chi connectivity index (χ1v) is 10.0. The van der Waals surface area contributed by atoms with Gasteiger partial charge in [0.1, 0.15) is 0 Å². The number of thiophene rings is 1. The molecule has 2 heterocycles. The fourth-order valence-corrected chi connectivity index (χ4v) is 4.74. The molecule has 2 aromatic carbocycles. The number of anilines is 2. The monoisotopic (exact) mass is 375 g/mol. The lowest BCUT2D eigenvalue weighted by Gasteiger charge is -2.22. The second kappa shape index (κ2) is 6.91. The summed E-state index contributed by atoms with van der Waals surface area (Å²) in [6, 6.07) is 18.5. The van der Waals surface area contributed by atoms with E-state index in [1.165, 1.54) is 20.5 Å². The van der Waals surface area contributed by atoms with Crippen molar-refractivity contribution in [3.63, 3.8) is 0 Å². The quantitative estimate of drug-likeness (QED) is 0.427. The fourth-order valence-electron chi connectivity index (χ4n) is 2.91. The number of thiazole rings is 1. The smallest absolute Gasteiger partial charge is 0.190 e. The molecule has 4 rings (SSSR count). The van der Waals surface area contributed by atoms with Crippen LogP contribution < -0.4 is 4.90 Å². The fraction of sp³-hybridized carbons (Fsp3) is 0.143. The van der Waals surface area contributed by atoms with Crippen molar-refractivity contribution in [3.05, 3.63) is 75.6 Å². The van der Waals surface area contributed by atoms with E-state index in [1.807, 2.05) is 31.2 Å². The molecule has 4 aromatic rings. The van der Waals surface area contributed by atoms with Gasteiger partial charge in [-0.15, -0.1) is 22.7 Å². The Morgan fingerprint density at radius 3 is 2.58 bits per heavy atom. The van der Waals surface area contributed by atoms with Gasteiger partial charge >= 0.3 is 0 Å². The third-order valence-corrected chi connectivity index (χ3v) is 6.55. The second-order valence-electron chi connectivity index (χ2n) is 6.14. The van der Waals surface area contributed by atoms with Crippen LogP contribution in [0, 0.1) is 25.2 Å². The van der Waals surface area contributed by atoms with E-state index < -0.39 is 0 Å². The molecule has 0 amide bonds. The van der Waals surface area contributed by atoms with Crippen molar-refractivity contribution in [1.82, 2.24) is 4.98 Å². The van der Waals surface area contributed by atoms with Crippen molar-refractivity contribution in [2.24, 2.45) is 0 Å². The first-order valence-electron chi connectivity index (χ1n) is 8.32. The van der Waals surface area contributed by atoms with Crippen molar-refractivity contribution in [3.8, 4) is 6.07 Å². The van der Waals surface area contributed by atoms with E-state index in [-0.39, 0.29) is 0 Å². The molecule has 0 aliphatic carbocycles. The number of aromatic nitrogens is 1. The molecule has 128 valence electrons. The first kappa shape index (κ1) is 16.8. The highest BCUT2D eigenvalue weighted by Gasteiger charge is 2.17. The van der Waals surface area contributed by atoms with E-state index in [2.05, 4.69) is 47.5 Å². The van der Waals surface area contributed by atoms with E-state index in [1.54, 1.807) is 22.7 Å². The maximum absolute atomic E-state index is 9.08. The van der Waals surface area contributed by atoms with Gasteiger partial charge in [0.25, 0.3) is 0 Å². The molecule has 0 fully saturated rings. The van der Waals surface area contributed by atoms with E-state index >= 15 is 0 Å². The largest absolute Gasteiger partial charge is 0.313 e. The van der Waals surface area contributed by atoms with Gasteiger partial charge in [-0.3, -0.25) is 0 Å². The molecule has 0 atom stereocenters. The molecule has 0 N–H and O–H groups in total. The summed E-state index contributed by atoms with van der Waals surface area (Å²) in [6.45, 7) is 4.90. The molecule has 0 aliphatic rings. The molecule has 0 bridgehead atoms. The zero-order chi connectivity index (χ0) is 18.1. The molecule has 26 heavy (non-hydrogen) atoms. The van der Waals surface area contributed by atoms with Gasteiger partial charge in [0.15, 0.2) is 5.13 Å². The molecule has 2 aromatic heterocycles. The highest BCUT2D eigenvalue weighted by molar-refractivity contribution is 7.17. The van der Waals surface area contributed by atoms with Gasteiger partial charge in [-0.05, 0) is 60.5 Å². The Balaban J connectivity index is 1.79. The summed E-state index contributed by atoms with van der Waals surface area (Å²) in [5.41, 5.74) is 4.07. The SMILES string of the molecule is Cc1nc(N(Cc2cccc3ccsc23)c2ccc(C#N)cc2)sc1C. The molecule has 5 heteroatoms. The molecule has 0 unspecified atom stereocenters. The van der Waals surface area contributed by atoms with Crippen molar-refractivity contribution in [2.75, 3.05) is 4.90 Å². The van der Waals surface area contributed by atoms with Crippen molar-refractivity contribution in [1.29, 1.82) is 5.26 Å². The number of rotatable bonds is 4. The van der Waals surface area contributed by atoms with E-state index in [9.17, 15) is 0 Å². The van der Waals surface area contributed by atoms with Crippen LogP contribution in [-0.2, 0) is 6.54 Å². The maximum atomic E-state index is 9.08. The van der Waals surface area contributed by atoms with Gasteiger partial charge in [-0.1, -0.05) is 18.2 Å². The Kier molecular flexibility index (Phi) is 4.46. The Morgan fingerprint density at radius 1 is 1.08 bits per heavy atom. The van der Waals surface area contributed by atoms with Crippen LogP contribution in [0.2, 0.25) is 0 Å². The normalized spacial score (nSPS) is 10.8. The molecular formula is C21H17N3S2. The van der Waals surface area contributed by atoms with Crippen molar-refractivity contribution >= 4 is 43.6 Å². The summed E-state index contributed by atoms with van der Waals surface area (Å²) >= 11 is 3.48. The molecule has 0 saturated heterocycles. The van der Waals surface area contributed by atoms with Crippen LogP contribution >= 0.6 is 22.7 Å². The summed E-state index contributed by atoms with van der Waals surface area (Å²) in [7, 11) is 0. The number of fused-ring (bicyclic) bond motifs is 1. The Bertz CT molecular complexity index is 1080. The highest BCUT2D eigenvalue weighted by Crippen LogP contribution is 2.35. The molecule has 0 spiro atoms. The standard InChI is InChI=1S/C21H17N3S2/c1-14-15(2)26-21(23-14)24(19-8-6-16(12-22)7-9-19)13-18-5-3-4-17-10-11-25-20(17)18/h3-11H,13H2,1-2H3. The molecule has 0 saturated carbocycles. The lowest BCUT2D eigenvalue weighted by atomic mass is 10.1. The number of benzene rings is 2. The second-order valence-corrected chi connectivity index (χ2v) is 8.24. The van der Waals surface area contributed by atoms with Crippen LogP contribution in [0.5, 0.6) is 0 Å². The minimum atomic E-state index is 0.667. The van der Waals surface area contributed by atoms with Crippen molar-refractivity contribution in [2.45, 2.75) is 20.4 Å². The lowest BCUT2D eigenvalue weighted by Crippen LogP contribution is -2.16. The average Bonchev–Trinajstić information content (AvgIpc) is 3.27. The van der Waals surface area contributed by atoms with Crippen molar-refractivity contribution < 1.29 is 0 Å². The number of aryl methyl sites for hydroxylation is 2. The summed E-state index contributed by atoms with van der Waals surface area (Å²) in [5.74, 6) is 0. The maximum Gasteiger partial charge on any atom is 0.190 e. The molecule has 3 nitrogen and oxygen atoms in total. The third-order valence-electron chi connectivity index (χ3n) is 4.45. The minimum absolute atomic E-state index is 0.667. The zero-order valence-electron chi connectivity index (χ0n) is 14.6. The summed E-state index contributed by atoms with van der Waals surface area (Å²) < 4.78 is 1.32. The summed E-state index contributed by atoms with van der Waals surface area (Å²) in [5, 5.41) is 13.5. The summed E-state index contributed by atoms with van der Waals surface area (Å²) in [4.78, 5) is 8.24.